The Bertz CT molecular complexity index is 581. The molecule has 0 aliphatic carbocycles. The maximum absolute atomic E-state index is 12.1. The van der Waals surface area contributed by atoms with Gasteiger partial charge in [-0.25, -0.2) is 0 Å². The van der Waals surface area contributed by atoms with E-state index in [0.29, 0.717) is 5.56 Å². The molecule has 4 nitrogen and oxygen atoms in total. The van der Waals surface area contributed by atoms with E-state index in [1.807, 2.05) is 0 Å². The molecule has 2 aromatic carbocycles. The van der Waals surface area contributed by atoms with E-state index in [2.05, 4.69) is 4.65 Å². The summed E-state index contributed by atoms with van der Waals surface area (Å²) in [4.78, 5) is 12.1. The van der Waals surface area contributed by atoms with Gasteiger partial charge in [0.1, 0.15) is 0 Å². The first-order chi connectivity index (χ1) is 8.65. The molecule has 0 aromatic heterocycles. The molecule has 2 N–H and O–H groups in total. The van der Waals surface area contributed by atoms with Gasteiger partial charge in [-0.2, -0.15) is 0 Å². The molecule has 2 rings (SSSR count). The molecular weight excluding hydrogens is 231 g/mol. The van der Waals surface area contributed by atoms with E-state index in [4.69, 9.17) is 8.05 Å². The minimum atomic E-state index is -0.480. The lowest BCUT2D eigenvalue weighted by molar-refractivity contribution is 0.103. The fourth-order valence-corrected chi connectivity index (χ4v) is 1.60. The zero-order valence-electron chi connectivity index (χ0n) is 9.33. The average Bonchev–Trinajstić information content (AvgIpc) is 2.40. The summed E-state index contributed by atoms with van der Waals surface area (Å²) in [6.07, 6.45) is 0. The normalized spacial score (nSPS) is 10.0. The van der Waals surface area contributed by atoms with Crippen LogP contribution in [0.15, 0.2) is 42.5 Å². The molecule has 2 radical (unpaired) electrons. The smallest absolute Gasteiger partial charge is 0.374 e. The van der Waals surface area contributed by atoms with Crippen LogP contribution in [-0.4, -0.2) is 24.0 Å². The van der Waals surface area contributed by atoms with Crippen molar-refractivity contribution in [2.75, 3.05) is 0 Å². The van der Waals surface area contributed by atoms with Gasteiger partial charge in [0.2, 0.25) is 0 Å². The number of phenols is 2. The predicted octanol–water partition coefficient (Wildman–Crippen LogP) is 1.79. The number of benzene rings is 2. The Morgan fingerprint density at radius 3 is 2.33 bits per heavy atom. The van der Waals surface area contributed by atoms with Gasteiger partial charge in [-0.1, -0.05) is 30.3 Å². The lowest BCUT2D eigenvalue weighted by Gasteiger charge is -2.10. The third kappa shape index (κ3) is 2.02. The lowest BCUT2D eigenvalue weighted by Crippen LogP contribution is -2.02. The second-order valence-corrected chi connectivity index (χ2v) is 3.62. The molecule has 0 heterocycles. The van der Waals surface area contributed by atoms with E-state index in [1.165, 1.54) is 12.1 Å². The molecule has 0 aliphatic rings. The summed E-state index contributed by atoms with van der Waals surface area (Å²) < 4.78 is 4.35. The van der Waals surface area contributed by atoms with Crippen molar-refractivity contribution >= 4 is 13.8 Å². The van der Waals surface area contributed by atoms with E-state index in [-0.39, 0.29) is 22.8 Å². The van der Waals surface area contributed by atoms with Gasteiger partial charge in [-0.3, -0.25) is 4.79 Å². The molecule has 0 fully saturated rings. The Labute approximate surface area is 105 Å². The first-order valence-corrected chi connectivity index (χ1v) is 5.16. The van der Waals surface area contributed by atoms with Crippen LogP contribution in [0.25, 0.3) is 0 Å². The highest BCUT2D eigenvalue weighted by atomic mass is 16.4. The summed E-state index contributed by atoms with van der Waals surface area (Å²) in [6.45, 7) is 0. The van der Waals surface area contributed by atoms with Crippen LogP contribution < -0.4 is 4.65 Å². The van der Waals surface area contributed by atoms with Crippen molar-refractivity contribution in [2.24, 2.45) is 0 Å². The molecule has 2 aromatic rings. The van der Waals surface area contributed by atoms with Crippen molar-refractivity contribution in [2.45, 2.75) is 0 Å². The third-order valence-corrected chi connectivity index (χ3v) is 2.51. The summed E-state index contributed by atoms with van der Waals surface area (Å²) in [7, 11) is 4.93. The average molecular weight is 240 g/mol. The second-order valence-electron chi connectivity index (χ2n) is 3.62. The van der Waals surface area contributed by atoms with Gasteiger partial charge in [-0.15, -0.1) is 0 Å². The minimum absolute atomic E-state index is 0.0134. The molecule has 18 heavy (non-hydrogen) atoms. The van der Waals surface area contributed by atoms with E-state index in [1.54, 1.807) is 30.3 Å². The molecule has 0 saturated carbocycles. The first kappa shape index (κ1) is 12.0. The topological polar surface area (TPSA) is 66.8 Å². The Hall–Kier alpha value is -2.43. The van der Waals surface area contributed by atoms with Crippen molar-refractivity contribution in [1.29, 1.82) is 0 Å². The molecule has 0 unspecified atom stereocenters. The Morgan fingerprint density at radius 2 is 1.72 bits per heavy atom. The quantitative estimate of drug-likeness (QED) is 0.633. The molecule has 5 heteroatoms. The summed E-state index contributed by atoms with van der Waals surface area (Å²) in [6, 6.07) is 11.0. The van der Waals surface area contributed by atoms with Gasteiger partial charge in [0.25, 0.3) is 0 Å². The van der Waals surface area contributed by atoms with Crippen molar-refractivity contribution in [3.8, 4) is 17.2 Å². The second kappa shape index (κ2) is 4.83. The van der Waals surface area contributed by atoms with E-state index < -0.39 is 5.75 Å². The first-order valence-electron chi connectivity index (χ1n) is 5.16. The van der Waals surface area contributed by atoms with Crippen molar-refractivity contribution in [3.63, 3.8) is 0 Å². The number of carbonyl (C=O) groups excluding carboxylic acids is 1. The third-order valence-electron chi connectivity index (χ3n) is 2.51. The van der Waals surface area contributed by atoms with Gasteiger partial charge in [0.15, 0.2) is 23.0 Å². The molecule has 0 atom stereocenters. The van der Waals surface area contributed by atoms with E-state index >= 15 is 0 Å². The summed E-state index contributed by atoms with van der Waals surface area (Å²) >= 11 is 0. The molecular formula is C13H9BO4. The highest BCUT2D eigenvalue weighted by molar-refractivity contribution is 6.11. The fraction of sp³-hybridized carbons (Fsp3) is 0. The number of ketones is 1. The maximum atomic E-state index is 12.1. The zero-order valence-corrected chi connectivity index (χ0v) is 9.33. The highest BCUT2D eigenvalue weighted by Crippen LogP contribution is 2.38. The van der Waals surface area contributed by atoms with Gasteiger partial charge < -0.3 is 14.9 Å². The summed E-state index contributed by atoms with van der Waals surface area (Å²) in [5, 5.41) is 19.2. The van der Waals surface area contributed by atoms with Crippen LogP contribution >= 0.6 is 0 Å². The molecule has 0 bridgehead atoms. The minimum Gasteiger partial charge on any atom is -0.563 e. The summed E-state index contributed by atoms with van der Waals surface area (Å²) in [5.74, 6) is -1.52. The standard InChI is InChI=1S/C13H9BO4/c14-18-13-10(15)7-6-9(12(13)17)11(16)8-4-2-1-3-5-8/h1-7,15,17H. The number of phenolic OH excluding ortho intramolecular Hbond substituents is 2. The summed E-state index contributed by atoms with van der Waals surface area (Å²) in [5.41, 5.74) is 0.431. The monoisotopic (exact) mass is 240 g/mol. The number of rotatable bonds is 3. The fourth-order valence-electron chi connectivity index (χ4n) is 1.60. The van der Waals surface area contributed by atoms with Gasteiger partial charge in [-0.05, 0) is 12.1 Å². The SMILES string of the molecule is [B]Oc1c(O)ccc(C(=O)c2ccccc2)c1O. The zero-order chi connectivity index (χ0) is 13.1. The van der Waals surface area contributed by atoms with E-state index in [9.17, 15) is 15.0 Å². The predicted molar refractivity (Wildman–Crippen MR) is 66.0 cm³/mol. The molecule has 0 amide bonds. The van der Waals surface area contributed by atoms with Crippen molar-refractivity contribution in [1.82, 2.24) is 0 Å². The van der Waals surface area contributed by atoms with Crippen LogP contribution in [-0.2, 0) is 0 Å². The van der Waals surface area contributed by atoms with Crippen LogP contribution in [0, 0.1) is 0 Å². The maximum Gasteiger partial charge on any atom is 0.374 e. The largest absolute Gasteiger partial charge is 0.563 e. The highest BCUT2D eigenvalue weighted by Gasteiger charge is 2.18. The molecule has 88 valence electrons. The van der Waals surface area contributed by atoms with Gasteiger partial charge >= 0.3 is 8.05 Å². The Morgan fingerprint density at radius 1 is 1.06 bits per heavy atom. The number of hydrogen-bond acceptors (Lipinski definition) is 4. The Kier molecular flexibility index (Phi) is 3.23. The van der Waals surface area contributed by atoms with Crippen LogP contribution in [0.5, 0.6) is 17.2 Å². The number of carbonyl (C=O) groups is 1. The van der Waals surface area contributed by atoms with Crippen LogP contribution in [0.3, 0.4) is 0 Å². The van der Waals surface area contributed by atoms with Crippen LogP contribution in [0.4, 0.5) is 0 Å². The van der Waals surface area contributed by atoms with Crippen LogP contribution in [0.1, 0.15) is 15.9 Å². The molecule has 0 aliphatic heterocycles. The number of hydrogen-bond donors (Lipinski definition) is 2. The Balaban J connectivity index is 2.50. The van der Waals surface area contributed by atoms with Crippen molar-refractivity contribution < 1.29 is 19.7 Å². The molecule has 0 spiro atoms. The van der Waals surface area contributed by atoms with Crippen LogP contribution in [0.2, 0.25) is 0 Å². The molecule has 0 saturated heterocycles. The van der Waals surface area contributed by atoms with Gasteiger partial charge in [0.05, 0.1) is 5.56 Å². The lowest BCUT2D eigenvalue weighted by atomic mass is 10.0. The van der Waals surface area contributed by atoms with Gasteiger partial charge in [0, 0.05) is 5.56 Å². The van der Waals surface area contributed by atoms with Crippen molar-refractivity contribution in [3.05, 3.63) is 53.6 Å². The van der Waals surface area contributed by atoms with E-state index in [0.717, 1.165) is 0 Å². The number of aromatic hydroxyl groups is 2.